The number of phenols is 1. The number of nitrogens with two attached hydrogens (primary N) is 1. The predicted octanol–water partition coefficient (Wildman–Crippen LogP) is 5.78. The van der Waals surface area contributed by atoms with Gasteiger partial charge in [0.15, 0.2) is 5.78 Å². The molecule has 3 heterocycles. The molecule has 8 nitrogen and oxygen atoms in total. The van der Waals surface area contributed by atoms with Crippen molar-refractivity contribution in [2.75, 3.05) is 19.6 Å². The van der Waals surface area contributed by atoms with Gasteiger partial charge >= 0.3 is 0 Å². The van der Waals surface area contributed by atoms with Crippen LogP contribution in [0.25, 0.3) is 10.8 Å². The van der Waals surface area contributed by atoms with E-state index in [2.05, 4.69) is 15.6 Å². The molecule has 0 unspecified atom stereocenters. The van der Waals surface area contributed by atoms with E-state index in [1.807, 2.05) is 34.5 Å². The normalized spacial score (nSPS) is 20.1. The van der Waals surface area contributed by atoms with Gasteiger partial charge in [-0.15, -0.1) is 11.3 Å². The molecule has 1 saturated heterocycles. The van der Waals surface area contributed by atoms with Crippen molar-refractivity contribution in [3.05, 3.63) is 59.0 Å². The zero-order valence-corrected chi connectivity index (χ0v) is 27.1. The summed E-state index contributed by atoms with van der Waals surface area (Å²) in [6.07, 6.45) is 17.1. The molecule has 1 aliphatic heterocycles. The number of nitrogens with one attached hydrogen (secondary N) is 2. The summed E-state index contributed by atoms with van der Waals surface area (Å²) >= 11 is 1.70. The Morgan fingerprint density at radius 3 is 2.48 bits per heavy atom. The molecule has 3 aromatic rings. The number of carbonyl (C=O) groups is 2. The summed E-state index contributed by atoms with van der Waals surface area (Å²) in [5, 5.41) is 20.2. The summed E-state index contributed by atoms with van der Waals surface area (Å²) in [6, 6.07) is 11.3. The number of hydrogen-bond donors (Lipinski definition) is 4. The SMILES string of the molecule is CC(=O)[C@@H]1CNCCN1C(=O)[C@@H](CC1CCCCC1)NC1CCCCC1.NCc1cccs1.Oc1ccc2ccncc2c1. The molecule has 2 atom stereocenters. The molecule has 9 heteroatoms. The van der Waals surface area contributed by atoms with Crippen LogP contribution in [0, 0.1) is 5.92 Å². The number of pyridine rings is 1. The van der Waals surface area contributed by atoms with Crippen molar-refractivity contribution in [3.8, 4) is 5.75 Å². The predicted molar refractivity (Wildman–Crippen MR) is 180 cm³/mol. The second-order valence-corrected chi connectivity index (χ2v) is 13.4. The van der Waals surface area contributed by atoms with Gasteiger partial charge in [0.05, 0.1) is 6.04 Å². The molecular weight excluding hydrogens is 570 g/mol. The number of piperazine rings is 1. The topological polar surface area (TPSA) is 121 Å². The maximum absolute atomic E-state index is 13.4. The highest BCUT2D eigenvalue weighted by molar-refractivity contribution is 7.09. The number of nitrogens with zero attached hydrogens (tertiary/aromatic N) is 2. The van der Waals surface area contributed by atoms with E-state index in [0.29, 0.717) is 31.6 Å². The van der Waals surface area contributed by atoms with Crippen LogP contribution in [0.4, 0.5) is 0 Å². The van der Waals surface area contributed by atoms with Crippen molar-refractivity contribution in [1.29, 1.82) is 0 Å². The van der Waals surface area contributed by atoms with Gasteiger partial charge in [-0.05, 0) is 67.1 Å². The summed E-state index contributed by atoms with van der Waals surface area (Å²) < 4.78 is 0. The Bertz CT molecular complexity index is 1250. The third-order valence-electron chi connectivity index (χ3n) is 9.04. The maximum Gasteiger partial charge on any atom is 0.240 e. The third kappa shape index (κ3) is 10.6. The quantitative estimate of drug-likeness (QED) is 0.264. The molecular formula is C35H51N5O3S. The Kier molecular flexibility index (Phi) is 14.1. The highest BCUT2D eigenvalue weighted by Crippen LogP contribution is 2.29. The van der Waals surface area contributed by atoms with Crippen LogP contribution in [0.3, 0.4) is 0 Å². The first-order valence-corrected chi connectivity index (χ1v) is 17.4. The Morgan fingerprint density at radius 2 is 1.82 bits per heavy atom. The van der Waals surface area contributed by atoms with E-state index in [1.54, 1.807) is 42.8 Å². The Balaban J connectivity index is 0.000000198. The van der Waals surface area contributed by atoms with Gasteiger partial charge in [0.25, 0.3) is 0 Å². The van der Waals surface area contributed by atoms with Gasteiger partial charge < -0.3 is 26.4 Å². The van der Waals surface area contributed by atoms with Gasteiger partial charge in [0, 0.05) is 54.9 Å². The molecule has 0 radical (unpaired) electrons. The average molecular weight is 622 g/mol. The van der Waals surface area contributed by atoms with E-state index in [-0.39, 0.29) is 29.5 Å². The van der Waals surface area contributed by atoms with Crippen molar-refractivity contribution in [2.45, 2.75) is 102 Å². The number of hydrogen-bond acceptors (Lipinski definition) is 8. The van der Waals surface area contributed by atoms with Crippen molar-refractivity contribution >= 4 is 33.8 Å². The summed E-state index contributed by atoms with van der Waals surface area (Å²) in [7, 11) is 0. The summed E-state index contributed by atoms with van der Waals surface area (Å²) in [6.45, 7) is 4.33. The number of thiophene rings is 1. The highest BCUT2D eigenvalue weighted by atomic mass is 32.1. The van der Waals surface area contributed by atoms with Crippen molar-refractivity contribution in [2.24, 2.45) is 11.7 Å². The van der Waals surface area contributed by atoms with E-state index >= 15 is 0 Å². The number of aromatic nitrogens is 1. The van der Waals surface area contributed by atoms with E-state index in [1.165, 1.54) is 69.1 Å². The van der Waals surface area contributed by atoms with Crippen LogP contribution >= 0.6 is 11.3 Å². The fourth-order valence-corrected chi connectivity index (χ4v) is 7.17. The van der Waals surface area contributed by atoms with E-state index in [0.717, 1.165) is 23.7 Å². The van der Waals surface area contributed by atoms with Gasteiger partial charge in [-0.1, -0.05) is 63.5 Å². The molecule has 1 aromatic carbocycles. The van der Waals surface area contributed by atoms with Crippen LogP contribution in [-0.4, -0.2) is 64.4 Å². The lowest BCUT2D eigenvalue weighted by Gasteiger charge is -2.39. The van der Waals surface area contributed by atoms with Crippen molar-refractivity contribution in [3.63, 3.8) is 0 Å². The first kappa shape index (κ1) is 34.0. The van der Waals surface area contributed by atoms with E-state index < -0.39 is 0 Å². The molecule has 2 aliphatic carbocycles. The largest absolute Gasteiger partial charge is 0.508 e. The summed E-state index contributed by atoms with van der Waals surface area (Å²) in [5.41, 5.74) is 5.30. The molecule has 2 saturated carbocycles. The van der Waals surface area contributed by atoms with Crippen LogP contribution in [0.2, 0.25) is 0 Å². The molecule has 2 aromatic heterocycles. The van der Waals surface area contributed by atoms with Crippen LogP contribution in [0.5, 0.6) is 5.75 Å². The Hall–Kier alpha value is -2.85. The standard InChI is InChI=1S/C21H37N3O2.C9H7NO.C5H7NS/c1-16(25)20-15-22-12-13-24(20)21(26)19(14-17-8-4-2-5-9-17)23-18-10-6-3-7-11-18;11-9-2-1-7-3-4-10-6-8(7)5-9;6-4-5-2-1-3-7-5/h17-20,22-23H,2-15H2,1H3;1-6,11H;1-3H,4,6H2/t19-,20+;;/m1../s1. The van der Waals surface area contributed by atoms with Gasteiger partial charge in [0.1, 0.15) is 11.8 Å². The molecule has 240 valence electrons. The minimum atomic E-state index is -0.293. The lowest BCUT2D eigenvalue weighted by atomic mass is 9.83. The van der Waals surface area contributed by atoms with Gasteiger partial charge in [-0.25, -0.2) is 0 Å². The molecule has 3 aliphatic rings. The zero-order valence-electron chi connectivity index (χ0n) is 26.3. The van der Waals surface area contributed by atoms with Crippen LogP contribution in [0.15, 0.2) is 54.2 Å². The number of Topliss-reactive ketones (excluding diaryl/α,β-unsaturated/α-hetero) is 1. The fraction of sp³-hybridized carbons (Fsp3) is 0.571. The first-order chi connectivity index (χ1) is 21.4. The second kappa shape index (κ2) is 18.2. The molecule has 3 fully saturated rings. The smallest absolute Gasteiger partial charge is 0.240 e. The van der Waals surface area contributed by atoms with Crippen LogP contribution in [-0.2, 0) is 16.1 Å². The number of phenolic OH excluding ortho intramolecular Hbond substituents is 1. The number of aromatic hydroxyl groups is 1. The molecule has 0 bridgehead atoms. The van der Waals surface area contributed by atoms with E-state index in [4.69, 9.17) is 10.8 Å². The number of fused-ring (bicyclic) bond motifs is 1. The second-order valence-electron chi connectivity index (χ2n) is 12.3. The molecule has 6 rings (SSSR count). The van der Waals surface area contributed by atoms with Crippen LogP contribution < -0.4 is 16.4 Å². The average Bonchev–Trinajstić information content (AvgIpc) is 3.60. The van der Waals surface area contributed by atoms with E-state index in [9.17, 15) is 9.59 Å². The number of rotatable bonds is 7. The number of ketones is 1. The lowest BCUT2D eigenvalue weighted by Crippen LogP contribution is -2.61. The number of carbonyl (C=O) groups excluding carboxylic acids is 2. The minimum Gasteiger partial charge on any atom is -0.508 e. The van der Waals surface area contributed by atoms with Crippen LogP contribution in [0.1, 0.15) is 82.4 Å². The summed E-state index contributed by atoms with van der Waals surface area (Å²) in [4.78, 5) is 32.6. The fourth-order valence-electron chi connectivity index (χ4n) is 6.58. The zero-order chi connectivity index (χ0) is 31.1. The third-order valence-corrected chi connectivity index (χ3v) is 9.93. The van der Waals surface area contributed by atoms with Gasteiger partial charge in [-0.3, -0.25) is 14.6 Å². The van der Waals surface area contributed by atoms with Crippen molar-refractivity contribution < 1.29 is 14.7 Å². The first-order valence-electron chi connectivity index (χ1n) is 16.5. The molecule has 5 N–H and O–H groups in total. The monoisotopic (exact) mass is 621 g/mol. The lowest BCUT2D eigenvalue weighted by molar-refractivity contribution is -0.142. The number of amides is 1. The maximum atomic E-state index is 13.4. The number of benzene rings is 1. The molecule has 1 amide bonds. The highest BCUT2D eigenvalue weighted by Gasteiger charge is 2.36. The van der Waals surface area contributed by atoms with Crippen molar-refractivity contribution in [1.82, 2.24) is 20.5 Å². The Morgan fingerprint density at radius 1 is 1.07 bits per heavy atom. The Labute approximate surface area is 266 Å². The molecule has 44 heavy (non-hydrogen) atoms. The summed E-state index contributed by atoms with van der Waals surface area (Å²) in [5.74, 6) is 1.21. The minimum absolute atomic E-state index is 0.0969. The van der Waals surface area contributed by atoms with Gasteiger partial charge in [-0.2, -0.15) is 0 Å². The van der Waals surface area contributed by atoms with Gasteiger partial charge in [0.2, 0.25) is 5.91 Å². The molecule has 0 spiro atoms.